The Kier molecular flexibility index (Phi) is 16.3. The fraction of sp³-hybridized carbons (Fsp3) is 1.00. The third kappa shape index (κ3) is 9.68. The average Bonchev–Trinajstić information content (AvgIpc) is 2.31. The SMILES string of the molecule is CCC[CH2][Al-]([CH2]CC)([CH2]CCC)[CH2]CCC.[Li+]. The largest absolute Gasteiger partial charge is 1.00 e. The molecule has 0 atom stereocenters. The Morgan fingerprint density at radius 1 is 0.529 bits per heavy atom. The Labute approximate surface area is 125 Å². The standard InChI is InChI=1S/3C4H9.C3H7.Al.Li/c3*1-3-4-2;1-3-2;;/h3*1,3-4H2,2H3;1,3H2,2H3;;/q;;;;-1;+1. The summed E-state index contributed by atoms with van der Waals surface area (Å²) < 4.78 is 0. The molecular formula is C15H34AlLi. The molecule has 0 rings (SSSR count). The monoisotopic (exact) mass is 248 g/mol. The Bertz CT molecular complexity index is 126. The van der Waals surface area contributed by atoms with Crippen molar-refractivity contribution in [3.63, 3.8) is 0 Å². The maximum absolute atomic E-state index is 2.40. The van der Waals surface area contributed by atoms with E-state index in [1.165, 1.54) is 44.9 Å². The van der Waals surface area contributed by atoms with Gasteiger partial charge in [0.15, 0.2) is 0 Å². The summed E-state index contributed by atoms with van der Waals surface area (Å²) in [5.41, 5.74) is 0. The van der Waals surface area contributed by atoms with Crippen molar-refractivity contribution in [1.29, 1.82) is 0 Å². The van der Waals surface area contributed by atoms with Gasteiger partial charge in [-0.3, -0.25) is 0 Å². The van der Waals surface area contributed by atoms with Crippen molar-refractivity contribution < 1.29 is 18.9 Å². The first-order chi connectivity index (χ1) is 7.74. The van der Waals surface area contributed by atoms with Crippen LogP contribution in [0.4, 0.5) is 0 Å². The van der Waals surface area contributed by atoms with Crippen LogP contribution in [-0.4, -0.2) is 13.1 Å². The van der Waals surface area contributed by atoms with E-state index in [0.717, 1.165) is 0 Å². The molecule has 17 heavy (non-hydrogen) atoms. The van der Waals surface area contributed by atoms with Gasteiger partial charge in [-0.1, -0.05) is 72.6 Å². The summed E-state index contributed by atoms with van der Waals surface area (Å²) in [6.45, 7) is 9.47. The van der Waals surface area contributed by atoms with Crippen LogP contribution in [0.25, 0.3) is 0 Å². The van der Waals surface area contributed by atoms with Crippen LogP contribution in [-0.2, 0) is 0 Å². The molecule has 0 aromatic rings. The Hall–Kier alpha value is 1.13. The van der Waals surface area contributed by atoms with Gasteiger partial charge in [0.2, 0.25) is 0 Å². The van der Waals surface area contributed by atoms with E-state index in [0.29, 0.717) is 0 Å². The molecule has 0 nitrogen and oxygen atoms in total. The van der Waals surface area contributed by atoms with E-state index in [1.54, 1.807) is 21.1 Å². The first kappa shape index (κ1) is 20.4. The molecule has 0 aliphatic rings. The molecule has 98 valence electrons. The molecule has 0 saturated heterocycles. The summed E-state index contributed by atoms with van der Waals surface area (Å²) in [6, 6.07) is 0. The molecule has 2 heteroatoms. The Balaban J connectivity index is 0. The van der Waals surface area contributed by atoms with Crippen molar-refractivity contribution in [1.82, 2.24) is 0 Å². The van der Waals surface area contributed by atoms with E-state index in [4.69, 9.17) is 0 Å². The van der Waals surface area contributed by atoms with Crippen LogP contribution in [0.15, 0.2) is 0 Å². The average molecular weight is 248 g/mol. The van der Waals surface area contributed by atoms with Gasteiger partial charge in [0.1, 0.15) is 13.1 Å². The molecule has 0 radical (unpaired) electrons. The van der Waals surface area contributed by atoms with Crippen LogP contribution >= 0.6 is 0 Å². The molecule has 0 aromatic heterocycles. The summed E-state index contributed by atoms with van der Waals surface area (Å²) in [4.78, 5) is 0. The second kappa shape index (κ2) is 13.6. The molecule has 0 aliphatic carbocycles. The number of rotatable bonds is 11. The molecule has 0 aliphatic heterocycles. The van der Waals surface area contributed by atoms with Gasteiger partial charge in [0.05, 0.1) is 0 Å². The number of hydrogen-bond donors (Lipinski definition) is 0. The van der Waals surface area contributed by atoms with Crippen molar-refractivity contribution in [2.75, 3.05) is 0 Å². The summed E-state index contributed by atoms with van der Waals surface area (Å²) in [5, 5.41) is 6.58. The van der Waals surface area contributed by atoms with Crippen LogP contribution in [0.5, 0.6) is 0 Å². The fourth-order valence-corrected chi connectivity index (χ4v) is 10.2. The van der Waals surface area contributed by atoms with Crippen LogP contribution in [0.3, 0.4) is 0 Å². The van der Waals surface area contributed by atoms with Crippen LogP contribution in [0.1, 0.15) is 72.6 Å². The van der Waals surface area contributed by atoms with E-state index in [2.05, 4.69) is 27.7 Å². The predicted octanol–water partition coefficient (Wildman–Crippen LogP) is 3.25. The van der Waals surface area contributed by atoms with Gasteiger partial charge in [-0.05, 0) is 0 Å². The minimum absolute atomic E-state index is 0. The summed E-state index contributed by atoms with van der Waals surface area (Å²) in [5.74, 6) is 0. The van der Waals surface area contributed by atoms with Crippen molar-refractivity contribution in [2.45, 2.75) is 93.8 Å². The predicted molar refractivity (Wildman–Crippen MR) is 80.0 cm³/mol. The molecule has 0 N–H and O–H groups in total. The maximum atomic E-state index is 2.40. The molecule has 0 amide bonds. The minimum atomic E-state index is -1.17. The summed E-state index contributed by atoms with van der Waals surface area (Å²) in [7, 11) is 0. The van der Waals surface area contributed by atoms with E-state index in [9.17, 15) is 0 Å². The van der Waals surface area contributed by atoms with Gasteiger partial charge in [-0.2, -0.15) is 21.1 Å². The molecule has 0 heterocycles. The normalized spacial score (nSPS) is 11.3. The van der Waals surface area contributed by atoms with E-state index >= 15 is 0 Å². The molecule has 0 aromatic carbocycles. The maximum Gasteiger partial charge on any atom is 1.00 e. The molecule has 0 bridgehead atoms. The van der Waals surface area contributed by atoms with Gasteiger partial charge < -0.3 is 0 Å². The van der Waals surface area contributed by atoms with E-state index < -0.39 is 13.1 Å². The third-order valence-electron chi connectivity index (χ3n) is 4.41. The van der Waals surface area contributed by atoms with Gasteiger partial charge in [0, 0.05) is 0 Å². The first-order valence-corrected chi connectivity index (χ1v) is 11.2. The second-order valence-electron chi connectivity index (χ2n) is 5.95. The Morgan fingerprint density at radius 3 is 1.12 bits per heavy atom. The number of unbranched alkanes of at least 4 members (excludes halogenated alkanes) is 3. The summed E-state index contributed by atoms with van der Waals surface area (Å²) >= 11 is -1.17. The third-order valence-corrected chi connectivity index (χ3v) is 11.1. The van der Waals surface area contributed by atoms with Crippen LogP contribution in [0, 0.1) is 0 Å². The summed E-state index contributed by atoms with van der Waals surface area (Å²) in [6.07, 6.45) is 10.2. The zero-order chi connectivity index (χ0) is 12.3. The molecule has 0 saturated carbocycles. The Morgan fingerprint density at radius 2 is 0.882 bits per heavy atom. The van der Waals surface area contributed by atoms with Gasteiger partial charge in [-0.25, -0.2) is 0 Å². The second-order valence-corrected chi connectivity index (χ2v) is 11.7. The smallest absolute Gasteiger partial charge is 0.192 e. The molecular weight excluding hydrogens is 214 g/mol. The minimum Gasteiger partial charge on any atom is -0.192 e. The van der Waals surface area contributed by atoms with Gasteiger partial charge in [-0.15, -0.1) is 0 Å². The van der Waals surface area contributed by atoms with Crippen molar-refractivity contribution in [2.24, 2.45) is 0 Å². The van der Waals surface area contributed by atoms with Crippen LogP contribution in [0.2, 0.25) is 21.1 Å². The zero-order valence-corrected chi connectivity index (χ0v) is 14.5. The fourth-order valence-electron chi connectivity index (χ4n) is 3.39. The van der Waals surface area contributed by atoms with E-state index in [1.807, 2.05) is 0 Å². The zero-order valence-electron chi connectivity index (χ0n) is 13.4. The van der Waals surface area contributed by atoms with Gasteiger partial charge in [0.25, 0.3) is 0 Å². The van der Waals surface area contributed by atoms with Crippen LogP contribution < -0.4 is 18.9 Å². The molecule has 0 fully saturated rings. The van der Waals surface area contributed by atoms with E-state index in [-0.39, 0.29) is 18.9 Å². The molecule has 0 spiro atoms. The van der Waals surface area contributed by atoms with Gasteiger partial charge >= 0.3 is 18.9 Å². The van der Waals surface area contributed by atoms with Crippen molar-refractivity contribution >= 4 is 13.1 Å². The van der Waals surface area contributed by atoms with Crippen molar-refractivity contribution in [3.05, 3.63) is 0 Å². The molecule has 0 unspecified atom stereocenters. The first-order valence-electron chi connectivity index (χ1n) is 7.96. The quantitative estimate of drug-likeness (QED) is 0.492. The number of hydrogen-bond acceptors (Lipinski definition) is 0. The van der Waals surface area contributed by atoms with Crippen molar-refractivity contribution in [3.8, 4) is 0 Å². The topological polar surface area (TPSA) is 0 Å².